The molecule has 3 unspecified atom stereocenters. The number of thioether (sulfide) groups is 1. The van der Waals surface area contributed by atoms with E-state index < -0.39 is 0 Å². The number of thiophene rings is 1. The second-order valence-electron chi connectivity index (χ2n) is 8.29. The molecular weight excluding hydrogens is 390 g/mol. The Balaban J connectivity index is 1.54. The van der Waals surface area contributed by atoms with Gasteiger partial charge < -0.3 is 5.32 Å². The molecule has 1 amide bonds. The molecule has 2 heterocycles. The first-order valence-corrected chi connectivity index (χ1v) is 12.1. The lowest BCUT2D eigenvalue weighted by Crippen LogP contribution is -2.44. The lowest BCUT2D eigenvalue weighted by atomic mass is 9.86. The fourth-order valence-electron chi connectivity index (χ4n) is 4.42. The van der Waals surface area contributed by atoms with E-state index in [0.717, 1.165) is 35.9 Å². The van der Waals surface area contributed by atoms with Crippen LogP contribution in [0.2, 0.25) is 0 Å². The van der Waals surface area contributed by atoms with Crippen molar-refractivity contribution in [2.45, 2.75) is 81.7 Å². The molecule has 0 saturated heterocycles. The highest BCUT2D eigenvalue weighted by molar-refractivity contribution is 8.00. The maximum Gasteiger partial charge on any atom is 0.262 e. The van der Waals surface area contributed by atoms with Gasteiger partial charge in [-0.3, -0.25) is 14.2 Å². The minimum Gasteiger partial charge on any atom is -0.352 e. The van der Waals surface area contributed by atoms with Crippen LogP contribution in [0.4, 0.5) is 0 Å². The molecular formula is C21H29N3O2S2. The summed E-state index contributed by atoms with van der Waals surface area (Å²) in [5, 5.41) is 4.39. The molecule has 1 saturated carbocycles. The van der Waals surface area contributed by atoms with Gasteiger partial charge in [0.05, 0.1) is 10.6 Å². The van der Waals surface area contributed by atoms with Crippen LogP contribution in [0.15, 0.2) is 9.95 Å². The third-order valence-electron chi connectivity index (χ3n) is 6.25. The molecule has 0 radical (unpaired) electrons. The van der Waals surface area contributed by atoms with Gasteiger partial charge in [-0.1, -0.05) is 31.5 Å². The molecule has 2 aliphatic carbocycles. The molecule has 5 nitrogen and oxygen atoms in total. The topological polar surface area (TPSA) is 64.0 Å². The van der Waals surface area contributed by atoms with Gasteiger partial charge in [0.1, 0.15) is 4.83 Å². The molecule has 152 valence electrons. The summed E-state index contributed by atoms with van der Waals surface area (Å²) in [6, 6.07) is 0.271. The zero-order valence-corrected chi connectivity index (χ0v) is 18.5. The molecule has 3 atom stereocenters. The minimum atomic E-state index is -0.278. The molecule has 0 bridgehead atoms. The number of hydrogen-bond acceptors (Lipinski definition) is 5. The summed E-state index contributed by atoms with van der Waals surface area (Å²) in [7, 11) is 1.78. The van der Waals surface area contributed by atoms with Crippen LogP contribution in [-0.2, 0) is 24.7 Å². The molecule has 1 fully saturated rings. The molecule has 2 aliphatic rings. The summed E-state index contributed by atoms with van der Waals surface area (Å²) in [6.45, 7) is 4.13. The largest absolute Gasteiger partial charge is 0.352 e. The number of hydrogen-bond donors (Lipinski definition) is 1. The van der Waals surface area contributed by atoms with Gasteiger partial charge in [-0.15, -0.1) is 11.3 Å². The second-order valence-corrected chi connectivity index (χ2v) is 10.7. The standard InChI is InChI=1S/C21H29N3O2S2/c1-12-8-4-6-10-15(12)22-18(25)13(2)27-21-23-19-17(20(26)24(21)3)14-9-5-7-11-16(14)28-19/h12-13,15H,4-11H2,1-3H3,(H,22,25). The van der Waals surface area contributed by atoms with E-state index in [0.29, 0.717) is 11.1 Å². The second kappa shape index (κ2) is 8.19. The van der Waals surface area contributed by atoms with E-state index in [1.54, 1.807) is 23.0 Å². The number of carbonyl (C=O) groups excluding carboxylic acids is 1. The van der Waals surface area contributed by atoms with Gasteiger partial charge in [0, 0.05) is 18.0 Å². The number of aromatic nitrogens is 2. The van der Waals surface area contributed by atoms with Crippen LogP contribution in [0.5, 0.6) is 0 Å². The van der Waals surface area contributed by atoms with Gasteiger partial charge in [0.15, 0.2) is 5.16 Å². The highest BCUT2D eigenvalue weighted by Gasteiger charge is 2.27. The summed E-state index contributed by atoms with van der Waals surface area (Å²) in [6.07, 6.45) is 9.07. The molecule has 4 rings (SSSR count). The molecule has 2 aromatic heterocycles. The van der Waals surface area contributed by atoms with E-state index in [1.165, 1.54) is 47.9 Å². The lowest BCUT2D eigenvalue weighted by Gasteiger charge is -2.30. The van der Waals surface area contributed by atoms with E-state index in [9.17, 15) is 9.59 Å². The van der Waals surface area contributed by atoms with Gasteiger partial charge in [0.2, 0.25) is 5.91 Å². The van der Waals surface area contributed by atoms with Gasteiger partial charge in [0.25, 0.3) is 5.56 Å². The monoisotopic (exact) mass is 419 g/mol. The Kier molecular flexibility index (Phi) is 5.83. The third-order valence-corrected chi connectivity index (χ3v) is 8.58. The Morgan fingerprint density at radius 3 is 2.79 bits per heavy atom. The van der Waals surface area contributed by atoms with Gasteiger partial charge in [-0.05, 0) is 56.9 Å². The van der Waals surface area contributed by atoms with Gasteiger partial charge >= 0.3 is 0 Å². The van der Waals surface area contributed by atoms with Crippen molar-refractivity contribution in [2.75, 3.05) is 0 Å². The number of fused-ring (bicyclic) bond motifs is 3. The van der Waals surface area contributed by atoms with Crippen molar-refractivity contribution in [2.24, 2.45) is 13.0 Å². The van der Waals surface area contributed by atoms with Crippen LogP contribution in [0.3, 0.4) is 0 Å². The van der Waals surface area contributed by atoms with Gasteiger partial charge in [-0.25, -0.2) is 4.98 Å². The van der Waals surface area contributed by atoms with Crippen LogP contribution >= 0.6 is 23.1 Å². The van der Waals surface area contributed by atoms with Crippen molar-refractivity contribution in [1.82, 2.24) is 14.9 Å². The molecule has 1 N–H and O–H groups in total. The Morgan fingerprint density at radius 2 is 2.00 bits per heavy atom. The highest BCUT2D eigenvalue weighted by atomic mass is 32.2. The van der Waals surface area contributed by atoms with Crippen molar-refractivity contribution in [3.63, 3.8) is 0 Å². The number of carbonyl (C=O) groups is 1. The Morgan fingerprint density at radius 1 is 1.25 bits per heavy atom. The van der Waals surface area contributed by atoms with Crippen LogP contribution in [-0.4, -0.2) is 26.8 Å². The normalized spacial score (nSPS) is 23.4. The first kappa shape index (κ1) is 20.0. The number of rotatable bonds is 4. The summed E-state index contributed by atoms with van der Waals surface area (Å²) < 4.78 is 1.63. The first-order valence-electron chi connectivity index (χ1n) is 10.4. The number of nitrogens with one attached hydrogen (secondary N) is 1. The van der Waals surface area contributed by atoms with Crippen molar-refractivity contribution in [3.8, 4) is 0 Å². The quantitative estimate of drug-likeness (QED) is 0.600. The van der Waals surface area contributed by atoms with E-state index in [-0.39, 0.29) is 22.8 Å². The smallest absolute Gasteiger partial charge is 0.262 e. The maximum atomic E-state index is 13.0. The van der Waals surface area contributed by atoms with Crippen molar-refractivity contribution < 1.29 is 4.79 Å². The molecule has 2 aromatic rings. The Labute approximate surface area is 174 Å². The van der Waals surface area contributed by atoms with Gasteiger partial charge in [-0.2, -0.15) is 0 Å². The summed E-state index contributed by atoms with van der Waals surface area (Å²) in [4.78, 5) is 32.7. The van der Waals surface area contributed by atoms with Crippen LogP contribution in [0.25, 0.3) is 10.2 Å². The molecule has 0 aliphatic heterocycles. The molecule has 0 spiro atoms. The van der Waals surface area contributed by atoms with E-state index in [4.69, 9.17) is 4.98 Å². The number of amides is 1. The van der Waals surface area contributed by atoms with E-state index in [1.807, 2.05) is 6.92 Å². The predicted molar refractivity (Wildman–Crippen MR) is 116 cm³/mol. The van der Waals surface area contributed by atoms with Crippen molar-refractivity contribution in [1.29, 1.82) is 0 Å². The van der Waals surface area contributed by atoms with Crippen molar-refractivity contribution in [3.05, 3.63) is 20.8 Å². The minimum absolute atomic E-state index is 0.0282. The number of nitrogens with zero attached hydrogens (tertiary/aromatic N) is 2. The van der Waals surface area contributed by atoms with E-state index in [2.05, 4.69) is 12.2 Å². The average molecular weight is 420 g/mol. The fraction of sp³-hybridized carbons (Fsp3) is 0.667. The molecule has 7 heteroatoms. The lowest BCUT2D eigenvalue weighted by molar-refractivity contribution is -0.121. The van der Waals surface area contributed by atoms with Crippen LogP contribution in [0, 0.1) is 5.92 Å². The van der Waals surface area contributed by atoms with Crippen LogP contribution in [0.1, 0.15) is 62.8 Å². The molecule has 0 aromatic carbocycles. The zero-order valence-electron chi connectivity index (χ0n) is 16.9. The number of aryl methyl sites for hydroxylation is 2. The fourth-order valence-corrected chi connectivity index (χ4v) is 6.60. The molecule has 28 heavy (non-hydrogen) atoms. The van der Waals surface area contributed by atoms with Crippen LogP contribution < -0.4 is 10.9 Å². The summed E-state index contributed by atoms with van der Waals surface area (Å²) in [5.74, 6) is 0.578. The average Bonchev–Trinajstić information content (AvgIpc) is 3.05. The SMILES string of the molecule is CC(Sc1nc2sc3c(c2c(=O)n1C)CCCC3)C(=O)NC1CCCCC1C. The Hall–Kier alpha value is -1.34. The maximum absolute atomic E-state index is 13.0. The van der Waals surface area contributed by atoms with E-state index >= 15 is 0 Å². The predicted octanol–water partition coefficient (Wildman–Crippen LogP) is 4.05. The highest BCUT2D eigenvalue weighted by Crippen LogP contribution is 2.35. The first-order chi connectivity index (χ1) is 13.5. The Bertz CT molecular complexity index is 949. The summed E-state index contributed by atoms with van der Waals surface area (Å²) in [5.41, 5.74) is 1.24. The zero-order chi connectivity index (χ0) is 19.8. The third kappa shape index (κ3) is 3.75. The van der Waals surface area contributed by atoms with Crippen molar-refractivity contribution >= 4 is 39.2 Å². The summed E-state index contributed by atoms with van der Waals surface area (Å²) >= 11 is 3.05.